The number of hydrogen-bond donors (Lipinski definition) is 1. The first-order valence-electron chi connectivity index (χ1n) is 10.8. The van der Waals surface area contributed by atoms with Gasteiger partial charge in [0.05, 0.1) is 19.8 Å². The average Bonchev–Trinajstić information content (AvgIpc) is 2.77. The van der Waals surface area contributed by atoms with E-state index < -0.39 is 0 Å². The van der Waals surface area contributed by atoms with Gasteiger partial charge in [0.1, 0.15) is 5.75 Å². The summed E-state index contributed by atoms with van der Waals surface area (Å²) in [5, 5.41) is 3.08. The van der Waals surface area contributed by atoms with E-state index in [4.69, 9.17) is 9.47 Å². The topological polar surface area (TPSA) is 54.0 Å². The summed E-state index contributed by atoms with van der Waals surface area (Å²) in [5.41, 5.74) is 3.00. The van der Waals surface area contributed by atoms with Crippen LogP contribution in [0, 0.1) is 6.92 Å². The Morgan fingerprint density at radius 3 is 2.57 bits per heavy atom. The van der Waals surface area contributed by atoms with E-state index >= 15 is 0 Å². The molecule has 6 heteroatoms. The molecule has 3 rings (SSSR count). The molecule has 2 aromatic carbocycles. The van der Waals surface area contributed by atoms with Gasteiger partial charge in [-0.15, -0.1) is 0 Å². The van der Waals surface area contributed by atoms with Crippen molar-refractivity contribution >= 4 is 11.7 Å². The minimum absolute atomic E-state index is 0.0693. The number of amides is 2. The van der Waals surface area contributed by atoms with Crippen LogP contribution in [0.4, 0.5) is 10.5 Å². The highest BCUT2D eigenvalue weighted by atomic mass is 16.5. The van der Waals surface area contributed by atoms with E-state index in [1.807, 2.05) is 67.3 Å². The Morgan fingerprint density at radius 1 is 1.13 bits per heavy atom. The minimum Gasteiger partial charge on any atom is -0.494 e. The average molecular weight is 412 g/mol. The van der Waals surface area contributed by atoms with Gasteiger partial charge in [0.25, 0.3) is 0 Å². The third kappa shape index (κ3) is 6.75. The molecule has 1 heterocycles. The molecule has 0 saturated carbocycles. The Labute approximate surface area is 179 Å². The molecular weight excluding hydrogens is 378 g/mol. The molecular formula is C24H33N3O3. The van der Waals surface area contributed by atoms with Gasteiger partial charge in [-0.05, 0) is 49.6 Å². The van der Waals surface area contributed by atoms with Gasteiger partial charge in [0.15, 0.2) is 0 Å². The molecule has 1 saturated heterocycles. The van der Waals surface area contributed by atoms with Crippen molar-refractivity contribution in [3.05, 3.63) is 59.7 Å². The molecule has 0 radical (unpaired) electrons. The van der Waals surface area contributed by atoms with Gasteiger partial charge in [-0.2, -0.15) is 0 Å². The lowest BCUT2D eigenvalue weighted by atomic mass is 10.2. The monoisotopic (exact) mass is 411 g/mol. The summed E-state index contributed by atoms with van der Waals surface area (Å²) in [7, 11) is 0. The Bertz CT molecular complexity index is 789. The summed E-state index contributed by atoms with van der Waals surface area (Å²) in [6.45, 7) is 10.4. The van der Waals surface area contributed by atoms with Crippen LogP contribution in [0.25, 0.3) is 0 Å². The van der Waals surface area contributed by atoms with Crippen LogP contribution in [0.2, 0.25) is 0 Å². The summed E-state index contributed by atoms with van der Waals surface area (Å²) < 4.78 is 11.0. The number of ether oxygens (including phenoxy) is 2. The van der Waals surface area contributed by atoms with E-state index in [1.165, 1.54) is 0 Å². The van der Waals surface area contributed by atoms with Crippen LogP contribution in [-0.4, -0.2) is 61.8 Å². The number of hydrogen-bond acceptors (Lipinski definition) is 4. The number of carbonyl (C=O) groups is 1. The van der Waals surface area contributed by atoms with Crippen molar-refractivity contribution in [1.29, 1.82) is 0 Å². The highest BCUT2D eigenvalue weighted by Crippen LogP contribution is 2.17. The van der Waals surface area contributed by atoms with Gasteiger partial charge in [0.2, 0.25) is 0 Å². The quantitative estimate of drug-likeness (QED) is 0.674. The number of nitrogens with zero attached hydrogens (tertiary/aromatic N) is 2. The minimum atomic E-state index is -0.0693. The summed E-state index contributed by atoms with van der Waals surface area (Å²) in [6, 6.07) is 15.8. The lowest BCUT2D eigenvalue weighted by Gasteiger charge is -2.28. The molecule has 0 spiro atoms. The van der Waals surface area contributed by atoms with E-state index in [0.717, 1.165) is 61.8 Å². The molecule has 1 aliphatic heterocycles. The first-order valence-corrected chi connectivity index (χ1v) is 10.8. The maximum Gasteiger partial charge on any atom is 0.322 e. The van der Waals surface area contributed by atoms with Crippen LogP contribution < -0.4 is 10.1 Å². The van der Waals surface area contributed by atoms with Crippen molar-refractivity contribution in [3.63, 3.8) is 0 Å². The molecule has 0 unspecified atom stereocenters. The van der Waals surface area contributed by atoms with Crippen LogP contribution in [0.1, 0.15) is 24.5 Å². The molecule has 0 atom stereocenters. The number of carbonyl (C=O) groups excluding carboxylic acids is 1. The second-order valence-corrected chi connectivity index (χ2v) is 7.55. The third-order valence-corrected chi connectivity index (χ3v) is 5.29. The second kappa shape index (κ2) is 11.6. The Hall–Kier alpha value is -2.57. The number of anilines is 1. The van der Waals surface area contributed by atoms with E-state index in [9.17, 15) is 4.79 Å². The van der Waals surface area contributed by atoms with Gasteiger partial charge in [0, 0.05) is 38.4 Å². The van der Waals surface area contributed by atoms with Crippen LogP contribution in [0.5, 0.6) is 5.75 Å². The molecule has 1 aliphatic rings. The molecule has 1 N–H and O–H groups in total. The molecule has 6 nitrogen and oxygen atoms in total. The standard InChI is InChI=1S/C24H33N3O3/c1-3-30-22-11-9-21(10-12-22)19-27(14-6-13-26-15-17-29-18-16-26)24(28)25-23-8-5-4-7-20(23)2/h4-5,7-12H,3,6,13-19H2,1-2H3,(H,25,28). The number of benzene rings is 2. The number of aryl methyl sites for hydroxylation is 1. The molecule has 162 valence electrons. The van der Waals surface area contributed by atoms with Crippen LogP contribution in [0.15, 0.2) is 48.5 Å². The van der Waals surface area contributed by atoms with E-state index in [-0.39, 0.29) is 6.03 Å². The fourth-order valence-corrected chi connectivity index (χ4v) is 3.55. The van der Waals surface area contributed by atoms with Crippen molar-refractivity contribution in [1.82, 2.24) is 9.80 Å². The zero-order chi connectivity index (χ0) is 21.2. The number of urea groups is 1. The van der Waals surface area contributed by atoms with Crippen LogP contribution in [0.3, 0.4) is 0 Å². The highest BCUT2D eigenvalue weighted by molar-refractivity contribution is 5.90. The number of nitrogens with one attached hydrogen (secondary N) is 1. The van der Waals surface area contributed by atoms with E-state index in [0.29, 0.717) is 19.7 Å². The lowest BCUT2D eigenvalue weighted by Crippen LogP contribution is -2.40. The number of morpholine rings is 1. The van der Waals surface area contributed by atoms with Crippen molar-refractivity contribution in [2.75, 3.05) is 51.3 Å². The summed E-state index contributed by atoms with van der Waals surface area (Å²) in [4.78, 5) is 17.4. The van der Waals surface area contributed by atoms with Crippen molar-refractivity contribution in [2.24, 2.45) is 0 Å². The normalized spacial score (nSPS) is 14.3. The summed E-state index contributed by atoms with van der Waals surface area (Å²) >= 11 is 0. The Morgan fingerprint density at radius 2 is 1.87 bits per heavy atom. The van der Waals surface area contributed by atoms with Gasteiger partial charge in [-0.25, -0.2) is 4.79 Å². The number of para-hydroxylation sites is 1. The van der Waals surface area contributed by atoms with Gasteiger partial charge >= 0.3 is 6.03 Å². The molecule has 1 fully saturated rings. The zero-order valence-electron chi connectivity index (χ0n) is 18.1. The van der Waals surface area contributed by atoms with Gasteiger partial charge < -0.3 is 19.7 Å². The first kappa shape index (κ1) is 22.1. The third-order valence-electron chi connectivity index (χ3n) is 5.29. The molecule has 30 heavy (non-hydrogen) atoms. The fourth-order valence-electron chi connectivity index (χ4n) is 3.55. The van der Waals surface area contributed by atoms with Gasteiger partial charge in [-0.3, -0.25) is 4.90 Å². The van der Waals surface area contributed by atoms with E-state index in [1.54, 1.807) is 0 Å². The SMILES string of the molecule is CCOc1ccc(CN(CCCN2CCOCC2)C(=O)Nc2ccccc2C)cc1. The molecule has 2 aromatic rings. The molecule has 2 amide bonds. The second-order valence-electron chi connectivity index (χ2n) is 7.55. The zero-order valence-corrected chi connectivity index (χ0v) is 18.1. The summed E-state index contributed by atoms with van der Waals surface area (Å²) in [6.07, 6.45) is 0.929. The smallest absolute Gasteiger partial charge is 0.322 e. The molecule has 0 aromatic heterocycles. The van der Waals surface area contributed by atoms with Gasteiger partial charge in [-0.1, -0.05) is 30.3 Å². The summed E-state index contributed by atoms with van der Waals surface area (Å²) in [5.74, 6) is 0.851. The highest BCUT2D eigenvalue weighted by Gasteiger charge is 2.16. The maximum absolute atomic E-state index is 13.1. The molecule has 0 aliphatic carbocycles. The largest absolute Gasteiger partial charge is 0.494 e. The van der Waals surface area contributed by atoms with Crippen molar-refractivity contribution < 1.29 is 14.3 Å². The predicted molar refractivity (Wildman–Crippen MR) is 120 cm³/mol. The first-order chi connectivity index (χ1) is 14.7. The van der Waals surface area contributed by atoms with Crippen LogP contribution >= 0.6 is 0 Å². The maximum atomic E-state index is 13.1. The Kier molecular flexibility index (Phi) is 8.53. The predicted octanol–water partition coefficient (Wildman–Crippen LogP) is 4.15. The van der Waals surface area contributed by atoms with Crippen molar-refractivity contribution in [3.8, 4) is 5.75 Å². The number of rotatable bonds is 9. The lowest BCUT2D eigenvalue weighted by molar-refractivity contribution is 0.0365. The van der Waals surface area contributed by atoms with Crippen molar-refractivity contribution in [2.45, 2.75) is 26.8 Å². The molecule has 0 bridgehead atoms. The van der Waals surface area contributed by atoms with E-state index in [2.05, 4.69) is 10.2 Å². The van der Waals surface area contributed by atoms with Crippen LogP contribution in [-0.2, 0) is 11.3 Å². The fraction of sp³-hybridized carbons (Fsp3) is 0.458. The Balaban J connectivity index is 1.63.